The highest BCUT2D eigenvalue weighted by Crippen LogP contribution is 2.06. The van der Waals surface area contributed by atoms with Crippen molar-refractivity contribution in [2.75, 3.05) is 13.1 Å². The van der Waals surface area contributed by atoms with Crippen LogP contribution in [0, 0.1) is 6.92 Å². The Morgan fingerprint density at radius 3 is 2.52 bits per heavy atom. The van der Waals surface area contributed by atoms with Crippen LogP contribution in [0.2, 0.25) is 0 Å². The molecule has 0 aliphatic heterocycles. The molecule has 3 nitrogen and oxygen atoms in total. The largest absolute Gasteiger partial charge is 0.393 e. The molecule has 4 heteroatoms. The van der Waals surface area contributed by atoms with E-state index < -0.39 is 0 Å². The average Bonchev–Trinajstić information content (AvgIpc) is 2.46. The molecule has 0 bridgehead atoms. The van der Waals surface area contributed by atoms with Crippen LogP contribution in [0.3, 0.4) is 0 Å². The van der Waals surface area contributed by atoms with E-state index in [2.05, 4.69) is 6.92 Å². The van der Waals surface area contributed by atoms with E-state index in [1.54, 1.807) is 6.08 Å². The molecule has 0 unspecified atom stereocenters. The molecule has 0 aromatic heterocycles. The standard InChI is InChI=1S/C17H24N2OS/c1-3-4-12-19(13-11-16(18)21)17(20)10-9-15-7-5-14(2)6-8-15/h5-10H,3-4,11-13H2,1-2H3,(H2,18,21)/b10-9+. The molecule has 1 aromatic carbocycles. The quantitative estimate of drug-likeness (QED) is 0.592. The fraction of sp³-hybridized carbons (Fsp3) is 0.412. The lowest BCUT2D eigenvalue weighted by atomic mass is 10.1. The van der Waals surface area contributed by atoms with Gasteiger partial charge in [0.2, 0.25) is 5.91 Å². The molecule has 0 spiro atoms. The first kappa shape index (κ1) is 17.4. The van der Waals surface area contributed by atoms with Crippen LogP contribution in [-0.2, 0) is 4.79 Å². The average molecular weight is 304 g/mol. The summed E-state index contributed by atoms with van der Waals surface area (Å²) in [4.78, 5) is 14.5. The van der Waals surface area contributed by atoms with E-state index in [0.29, 0.717) is 18.0 Å². The van der Waals surface area contributed by atoms with Gasteiger partial charge < -0.3 is 10.6 Å². The number of nitrogens with two attached hydrogens (primary N) is 1. The van der Waals surface area contributed by atoms with Gasteiger partial charge in [-0.15, -0.1) is 0 Å². The summed E-state index contributed by atoms with van der Waals surface area (Å²) in [6.07, 6.45) is 6.09. The lowest BCUT2D eigenvalue weighted by Gasteiger charge is -2.20. The summed E-state index contributed by atoms with van der Waals surface area (Å²) in [5.41, 5.74) is 7.76. The molecule has 1 aromatic rings. The number of unbranched alkanes of at least 4 members (excludes halogenated alkanes) is 1. The fourth-order valence-electron chi connectivity index (χ4n) is 1.88. The molecule has 1 rings (SSSR count). The molecule has 0 fully saturated rings. The van der Waals surface area contributed by atoms with Crippen molar-refractivity contribution in [1.29, 1.82) is 0 Å². The van der Waals surface area contributed by atoms with Gasteiger partial charge in [-0.1, -0.05) is 55.4 Å². The summed E-state index contributed by atoms with van der Waals surface area (Å²) in [5.74, 6) is 0.0141. The first-order valence-corrected chi connectivity index (χ1v) is 7.75. The Morgan fingerprint density at radius 1 is 1.29 bits per heavy atom. The SMILES string of the molecule is CCCCN(CCC(N)=S)C(=O)/C=C/c1ccc(C)cc1. The maximum Gasteiger partial charge on any atom is 0.246 e. The van der Waals surface area contributed by atoms with E-state index in [0.717, 1.165) is 24.9 Å². The van der Waals surface area contributed by atoms with E-state index in [1.165, 1.54) is 5.56 Å². The molecule has 0 saturated carbocycles. The van der Waals surface area contributed by atoms with Crippen LogP contribution in [0.25, 0.3) is 6.08 Å². The maximum atomic E-state index is 12.3. The van der Waals surface area contributed by atoms with E-state index in [-0.39, 0.29) is 5.91 Å². The number of aryl methyl sites for hydroxylation is 1. The lowest BCUT2D eigenvalue weighted by molar-refractivity contribution is -0.125. The number of thiocarbonyl (C=S) groups is 1. The summed E-state index contributed by atoms with van der Waals surface area (Å²) in [6.45, 7) is 5.49. The van der Waals surface area contributed by atoms with Gasteiger partial charge in [-0.05, 0) is 25.0 Å². The Bertz CT molecular complexity index is 494. The summed E-state index contributed by atoms with van der Waals surface area (Å²) < 4.78 is 0. The minimum absolute atomic E-state index is 0.0141. The molecule has 0 heterocycles. The van der Waals surface area contributed by atoms with Crippen molar-refractivity contribution < 1.29 is 4.79 Å². The highest BCUT2D eigenvalue weighted by atomic mass is 32.1. The van der Waals surface area contributed by atoms with Crippen molar-refractivity contribution in [2.24, 2.45) is 5.73 Å². The van der Waals surface area contributed by atoms with Gasteiger partial charge in [0.05, 0.1) is 4.99 Å². The highest BCUT2D eigenvalue weighted by Gasteiger charge is 2.10. The number of rotatable bonds is 8. The van der Waals surface area contributed by atoms with E-state index in [4.69, 9.17) is 18.0 Å². The minimum Gasteiger partial charge on any atom is -0.393 e. The second-order valence-corrected chi connectivity index (χ2v) is 5.66. The number of carbonyl (C=O) groups is 1. The van der Waals surface area contributed by atoms with Gasteiger partial charge in [-0.3, -0.25) is 4.79 Å². The summed E-state index contributed by atoms with van der Waals surface area (Å²) in [5, 5.41) is 0. The number of amides is 1. The van der Waals surface area contributed by atoms with Gasteiger partial charge in [0.15, 0.2) is 0 Å². The Balaban J connectivity index is 2.65. The number of benzene rings is 1. The van der Waals surface area contributed by atoms with Gasteiger partial charge in [0.25, 0.3) is 0 Å². The molecule has 0 aliphatic carbocycles. The van der Waals surface area contributed by atoms with Crippen molar-refractivity contribution in [3.63, 3.8) is 0 Å². The molecular weight excluding hydrogens is 280 g/mol. The number of hydrogen-bond donors (Lipinski definition) is 1. The Hall–Kier alpha value is -1.68. The third kappa shape index (κ3) is 7.04. The molecule has 0 atom stereocenters. The van der Waals surface area contributed by atoms with Crippen LogP contribution in [-0.4, -0.2) is 28.9 Å². The summed E-state index contributed by atoms with van der Waals surface area (Å²) >= 11 is 4.89. The molecule has 114 valence electrons. The number of carbonyl (C=O) groups excluding carboxylic acids is 1. The van der Waals surface area contributed by atoms with E-state index in [9.17, 15) is 4.79 Å². The van der Waals surface area contributed by atoms with Crippen molar-refractivity contribution in [2.45, 2.75) is 33.1 Å². The normalized spacial score (nSPS) is 10.8. The van der Waals surface area contributed by atoms with Crippen molar-refractivity contribution in [3.8, 4) is 0 Å². The Morgan fingerprint density at radius 2 is 1.95 bits per heavy atom. The molecule has 2 N–H and O–H groups in total. The van der Waals surface area contributed by atoms with E-state index in [1.807, 2.05) is 42.2 Å². The predicted octanol–water partition coefficient (Wildman–Crippen LogP) is 3.31. The maximum absolute atomic E-state index is 12.3. The molecule has 0 radical (unpaired) electrons. The van der Waals surface area contributed by atoms with Crippen LogP contribution in [0.1, 0.15) is 37.3 Å². The monoisotopic (exact) mass is 304 g/mol. The van der Waals surface area contributed by atoms with Crippen LogP contribution >= 0.6 is 12.2 Å². The second-order valence-electron chi connectivity index (χ2n) is 5.14. The van der Waals surface area contributed by atoms with Gasteiger partial charge in [0.1, 0.15) is 0 Å². The Kier molecular flexibility index (Phi) is 7.69. The van der Waals surface area contributed by atoms with Crippen molar-refractivity contribution in [3.05, 3.63) is 41.5 Å². The third-order valence-corrected chi connectivity index (χ3v) is 3.42. The van der Waals surface area contributed by atoms with Crippen LogP contribution in [0.4, 0.5) is 0 Å². The topological polar surface area (TPSA) is 46.3 Å². The zero-order chi connectivity index (χ0) is 15.7. The van der Waals surface area contributed by atoms with Crippen molar-refractivity contribution in [1.82, 2.24) is 4.90 Å². The summed E-state index contributed by atoms with van der Waals surface area (Å²) in [6, 6.07) is 8.08. The predicted molar refractivity (Wildman–Crippen MR) is 93.1 cm³/mol. The zero-order valence-electron chi connectivity index (χ0n) is 12.8. The molecule has 0 aliphatic rings. The van der Waals surface area contributed by atoms with Gasteiger partial charge in [-0.2, -0.15) is 0 Å². The molecule has 1 amide bonds. The van der Waals surface area contributed by atoms with Gasteiger partial charge in [0, 0.05) is 25.6 Å². The summed E-state index contributed by atoms with van der Waals surface area (Å²) in [7, 11) is 0. The van der Waals surface area contributed by atoms with E-state index >= 15 is 0 Å². The first-order valence-electron chi connectivity index (χ1n) is 7.35. The molecule has 21 heavy (non-hydrogen) atoms. The fourth-order valence-corrected chi connectivity index (χ4v) is 1.97. The van der Waals surface area contributed by atoms with Gasteiger partial charge >= 0.3 is 0 Å². The third-order valence-electron chi connectivity index (χ3n) is 3.22. The molecule has 0 saturated heterocycles. The van der Waals surface area contributed by atoms with Gasteiger partial charge in [-0.25, -0.2) is 0 Å². The minimum atomic E-state index is 0.0141. The van der Waals surface area contributed by atoms with Crippen LogP contribution in [0.15, 0.2) is 30.3 Å². The highest BCUT2D eigenvalue weighted by molar-refractivity contribution is 7.80. The number of nitrogens with zero attached hydrogens (tertiary/aromatic N) is 1. The Labute approximate surface area is 132 Å². The lowest BCUT2D eigenvalue weighted by Crippen LogP contribution is -2.33. The smallest absolute Gasteiger partial charge is 0.246 e. The zero-order valence-corrected chi connectivity index (χ0v) is 13.7. The van der Waals surface area contributed by atoms with Crippen LogP contribution < -0.4 is 5.73 Å². The van der Waals surface area contributed by atoms with Crippen LogP contribution in [0.5, 0.6) is 0 Å². The first-order chi connectivity index (χ1) is 10.0. The molecular formula is C17H24N2OS. The number of hydrogen-bond acceptors (Lipinski definition) is 2. The second kappa shape index (κ2) is 9.29. The van der Waals surface area contributed by atoms with Crippen molar-refractivity contribution >= 4 is 29.2 Å².